The third kappa shape index (κ3) is 6.02. The van der Waals surface area contributed by atoms with Crippen molar-refractivity contribution in [3.63, 3.8) is 0 Å². The van der Waals surface area contributed by atoms with Crippen LogP contribution in [0, 0.1) is 0 Å². The monoisotopic (exact) mass is 600 g/mol. The molecule has 8 nitrogen and oxygen atoms in total. The Morgan fingerprint density at radius 1 is 1.02 bits per heavy atom. The van der Waals surface area contributed by atoms with Crippen LogP contribution in [0.25, 0.3) is 0 Å². The Bertz CT molecular complexity index is 1520. The molecule has 3 aromatic rings. The van der Waals surface area contributed by atoms with E-state index < -0.39 is 34.1 Å². The summed E-state index contributed by atoms with van der Waals surface area (Å²) in [5.41, 5.74) is 2.46. The van der Waals surface area contributed by atoms with Crippen molar-refractivity contribution in [3.05, 3.63) is 99.3 Å². The van der Waals surface area contributed by atoms with Gasteiger partial charge in [0.15, 0.2) is 0 Å². The van der Waals surface area contributed by atoms with Crippen LogP contribution in [-0.2, 0) is 21.4 Å². The van der Waals surface area contributed by atoms with Gasteiger partial charge in [0.05, 0.1) is 18.2 Å². The molecule has 0 unspecified atom stereocenters. The fourth-order valence-corrected chi connectivity index (χ4v) is 7.27. The molecule has 1 fully saturated rings. The Labute approximate surface area is 244 Å². The minimum absolute atomic E-state index is 0.267. The second kappa shape index (κ2) is 11.9. The lowest BCUT2D eigenvalue weighted by atomic mass is 9.76. The van der Waals surface area contributed by atoms with E-state index in [1.54, 1.807) is 59.8 Å². The maximum atomic E-state index is 14.3. The molecule has 40 heavy (non-hydrogen) atoms. The van der Waals surface area contributed by atoms with Crippen LogP contribution in [0.15, 0.2) is 67.0 Å². The molecule has 0 spiro atoms. The number of fused-ring (bicyclic) bond motifs is 1. The lowest BCUT2D eigenvalue weighted by Gasteiger charge is -2.49. The predicted molar refractivity (Wildman–Crippen MR) is 155 cm³/mol. The molecule has 2 aromatic carbocycles. The maximum Gasteiger partial charge on any atom is 0.255 e. The van der Waals surface area contributed by atoms with Gasteiger partial charge in [0.25, 0.3) is 5.91 Å². The lowest BCUT2D eigenvalue weighted by molar-refractivity contribution is -0.124. The van der Waals surface area contributed by atoms with Gasteiger partial charge in [0.2, 0.25) is 15.9 Å². The number of nitrogens with one attached hydrogen (secondary N) is 2. The SMILES string of the molecule is CS(=O)(=O)N[C@H]1CCCC[C@@H]1N1C(=O)c2ccccc2[C@@H](C(=O)NCc2ccncc2)[C@@H]1c1ccc(Cl)cc1Cl. The number of benzene rings is 2. The third-order valence-corrected chi connectivity index (χ3v) is 8.90. The molecule has 0 radical (unpaired) electrons. The molecule has 2 amide bonds. The van der Waals surface area contributed by atoms with Gasteiger partial charge >= 0.3 is 0 Å². The predicted octanol–water partition coefficient (Wildman–Crippen LogP) is 4.85. The molecule has 210 valence electrons. The average molecular weight is 602 g/mol. The van der Waals surface area contributed by atoms with Crippen molar-refractivity contribution >= 4 is 45.0 Å². The first-order valence-electron chi connectivity index (χ1n) is 13.1. The van der Waals surface area contributed by atoms with Crippen LogP contribution >= 0.6 is 23.2 Å². The summed E-state index contributed by atoms with van der Waals surface area (Å²) >= 11 is 13.0. The highest BCUT2D eigenvalue weighted by molar-refractivity contribution is 7.88. The Hall–Kier alpha value is -2.98. The van der Waals surface area contributed by atoms with E-state index in [1.165, 1.54) is 0 Å². The van der Waals surface area contributed by atoms with Gasteiger partial charge in [-0.2, -0.15) is 0 Å². The quantitative estimate of drug-likeness (QED) is 0.403. The van der Waals surface area contributed by atoms with Gasteiger partial charge in [-0.3, -0.25) is 14.6 Å². The first kappa shape index (κ1) is 28.5. The molecular weight excluding hydrogens is 571 g/mol. The number of sulfonamides is 1. The number of rotatable bonds is 7. The minimum Gasteiger partial charge on any atom is -0.351 e. The Morgan fingerprint density at radius 2 is 1.75 bits per heavy atom. The van der Waals surface area contributed by atoms with Crippen molar-refractivity contribution in [1.82, 2.24) is 19.9 Å². The van der Waals surface area contributed by atoms with E-state index in [1.807, 2.05) is 12.1 Å². The Balaban J connectivity index is 1.65. The van der Waals surface area contributed by atoms with Gasteiger partial charge in [-0.1, -0.05) is 60.3 Å². The Morgan fingerprint density at radius 3 is 2.48 bits per heavy atom. The van der Waals surface area contributed by atoms with E-state index in [0.29, 0.717) is 39.6 Å². The second-order valence-corrected chi connectivity index (χ2v) is 12.9. The van der Waals surface area contributed by atoms with Crippen molar-refractivity contribution in [2.45, 2.75) is 56.3 Å². The lowest BCUT2D eigenvalue weighted by Crippen LogP contribution is -2.59. The molecule has 0 bridgehead atoms. The van der Waals surface area contributed by atoms with Crippen LogP contribution in [0.2, 0.25) is 10.0 Å². The second-order valence-electron chi connectivity index (χ2n) is 10.3. The summed E-state index contributed by atoms with van der Waals surface area (Å²) in [5.74, 6) is -1.35. The molecule has 1 aliphatic heterocycles. The van der Waals surface area contributed by atoms with Gasteiger partial charge < -0.3 is 10.2 Å². The number of hydrogen-bond acceptors (Lipinski definition) is 5. The molecular formula is C29H30Cl2N4O4S. The average Bonchev–Trinajstić information content (AvgIpc) is 2.92. The van der Waals surface area contributed by atoms with Crippen molar-refractivity contribution < 1.29 is 18.0 Å². The van der Waals surface area contributed by atoms with Crippen molar-refractivity contribution in [2.75, 3.05) is 6.26 Å². The number of pyridine rings is 1. The largest absolute Gasteiger partial charge is 0.351 e. The number of halogens is 2. The molecule has 2 N–H and O–H groups in total. The highest BCUT2D eigenvalue weighted by Crippen LogP contribution is 2.47. The number of aromatic nitrogens is 1. The zero-order chi connectivity index (χ0) is 28.4. The summed E-state index contributed by atoms with van der Waals surface area (Å²) in [6.07, 6.45) is 7.23. The summed E-state index contributed by atoms with van der Waals surface area (Å²) < 4.78 is 27.4. The van der Waals surface area contributed by atoms with Crippen LogP contribution < -0.4 is 10.0 Å². The number of amides is 2. The standard InChI is InChI=1S/C29H30Cl2N4O4S/c1-40(38,39)34-24-8-4-5-9-25(24)35-27(22-11-10-19(30)16-23(22)31)26(20-6-2-3-7-21(20)29(35)37)28(36)33-17-18-12-14-32-15-13-18/h2-3,6-7,10-16,24-27,34H,4-5,8-9,17H2,1H3,(H,33,36)/t24-,25-,26+,27-/m0/s1. The third-order valence-electron chi connectivity index (χ3n) is 7.61. The molecule has 11 heteroatoms. The van der Waals surface area contributed by atoms with Crippen molar-refractivity contribution in [2.24, 2.45) is 0 Å². The fourth-order valence-electron chi connectivity index (χ4n) is 5.93. The van der Waals surface area contributed by atoms with Gasteiger partial charge in [-0.05, 0) is 59.9 Å². The van der Waals surface area contributed by atoms with E-state index in [2.05, 4.69) is 15.0 Å². The van der Waals surface area contributed by atoms with Gasteiger partial charge in [0, 0.05) is 46.6 Å². The van der Waals surface area contributed by atoms with Crippen LogP contribution in [0.1, 0.15) is 64.7 Å². The number of nitrogens with zero attached hydrogens (tertiary/aromatic N) is 2. The molecule has 2 heterocycles. The van der Waals surface area contributed by atoms with E-state index in [0.717, 1.165) is 24.7 Å². The van der Waals surface area contributed by atoms with E-state index in [-0.39, 0.29) is 18.4 Å². The highest BCUT2D eigenvalue weighted by Gasteiger charge is 2.49. The first-order valence-corrected chi connectivity index (χ1v) is 15.8. The molecule has 1 saturated carbocycles. The van der Waals surface area contributed by atoms with Crippen LogP contribution in [0.4, 0.5) is 0 Å². The van der Waals surface area contributed by atoms with Crippen molar-refractivity contribution in [3.8, 4) is 0 Å². The normalized spacial score (nSPS) is 23.0. The van der Waals surface area contributed by atoms with Crippen LogP contribution in [0.3, 0.4) is 0 Å². The zero-order valence-electron chi connectivity index (χ0n) is 21.9. The number of carbonyl (C=O) groups is 2. The summed E-state index contributed by atoms with van der Waals surface area (Å²) in [6.45, 7) is 0.275. The topological polar surface area (TPSA) is 108 Å². The number of carbonyl (C=O) groups excluding carboxylic acids is 2. The van der Waals surface area contributed by atoms with Gasteiger partial charge in [-0.25, -0.2) is 13.1 Å². The summed E-state index contributed by atoms with van der Waals surface area (Å²) in [5, 5.41) is 3.79. The zero-order valence-corrected chi connectivity index (χ0v) is 24.2. The summed E-state index contributed by atoms with van der Waals surface area (Å²) in [4.78, 5) is 34.1. The van der Waals surface area contributed by atoms with E-state index >= 15 is 0 Å². The molecule has 5 rings (SSSR count). The Kier molecular flexibility index (Phi) is 8.47. The highest BCUT2D eigenvalue weighted by atomic mass is 35.5. The maximum absolute atomic E-state index is 14.3. The first-order chi connectivity index (χ1) is 19.1. The van der Waals surface area contributed by atoms with Crippen LogP contribution in [0.5, 0.6) is 0 Å². The number of hydrogen-bond donors (Lipinski definition) is 2. The minimum atomic E-state index is -3.55. The summed E-state index contributed by atoms with van der Waals surface area (Å²) in [7, 11) is -3.55. The molecule has 1 aromatic heterocycles. The smallest absolute Gasteiger partial charge is 0.255 e. The van der Waals surface area contributed by atoms with Gasteiger partial charge in [-0.15, -0.1) is 0 Å². The van der Waals surface area contributed by atoms with Gasteiger partial charge in [0.1, 0.15) is 0 Å². The van der Waals surface area contributed by atoms with E-state index in [4.69, 9.17) is 23.2 Å². The van der Waals surface area contributed by atoms with Crippen LogP contribution in [-0.4, -0.2) is 48.5 Å². The fraction of sp³-hybridized carbons (Fsp3) is 0.345. The molecule has 2 aliphatic rings. The molecule has 4 atom stereocenters. The summed E-state index contributed by atoms with van der Waals surface area (Å²) in [6, 6.07) is 14.0. The molecule has 0 saturated heterocycles. The molecule has 1 aliphatic carbocycles. The van der Waals surface area contributed by atoms with E-state index in [9.17, 15) is 18.0 Å². The van der Waals surface area contributed by atoms with Crippen molar-refractivity contribution in [1.29, 1.82) is 0 Å².